The lowest BCUT2D eigenvalue weighted by Crippen LogP contribution is -2.40. The van der Waals surface area contributed by atoms with Gasteiger partial charge in [-0.3, -0.25) is 0 Å². The van der Waals surface area contributed by atoms with Crippen LogP contribution in [0.3, 0.4) is 0 Å². The summed E-state index contributed by atoms with van der Waals surface area (Å²) in [5.74, 6) is 2.09. The van der Waals surface area contributed by atoms with E-state index in [1.165, 1.54) is 0 Å². The highest BCUT2D eigenvalue weighted by molar-refractivity contribution is 7.99. The van der Waals surface area contributed by atoms with E-state index in [9.17, 15) is 4.79 Å². The van der Waals surface area contributed by atoms with Gasteiger partial charge in [-0.15, -0.1) is 0 Å². The number of aryl methyl sites for hydroxylation is 1. The van der Waals surface area contributed by atoms with Crippen LogP contribution in [0.1, 0.15) is 5.56 Å². The molecule has 0 saturated carbocycles. The summed E-state index contributed by atoms with van der Waals surface area (Å²) < 4.78 is 0. The van der Waals surface area contributed by atoms with Gasteiger partial charge in [0.2, 0.25) is 0 Å². The van der Waals surface area contributed by atoms with Gasteiger partial charge in [-0.1, -0.05) is 12.1 Å². The van der Waals surface area contributed by atoms with Crippen molar-refractivity contribution in [1.82, 2.24) is 4.90 Å². The number of anilines is 1. The topological polar surface area (TPSA) is 32.3 Å². The largest absolute Gasteiger partial charge is 0.323 e. The molecule has 0 radical (unpaired) electrons. The second-order valence-corrected chi connectivity index (χ2v) is 5.12. The number of carbonyl (C=O) groups excluding carboxylic acids is 1. The SMILES string of the molecule is Cc1cccc(NC(=O)N2CCSCC2)c1. The predicted octanol–water partition coefficient (Wildman–Crippen LogP) is 2.58. The zero-order valence-corrected chi connectivity index (χ0v) is 10.2. The highest BCUT2D eigenvalue weighted by Gasteiger charge is 2.16. The molecule has 0 aromatic heterocycles. The zero-order valence-electron chi connectivity index (χ0n) is 9.40. The number of carbonyl (C=O) groups is 1. The van der Waals surface area contributed by atoms with Crippen LogP contribution in [-0.4, -0.2) is 35.5 Å². The van der Waals surface area contributed by atoms with E-state index >= 15 is 0 Å². The summed E-state index contributed by atoms with van der Waals surface area (Å²) in [5, 5.41) is 2.93. The minimum Gasteiger partial charge on any atom is -0.323 e. The average Bonchev–Trinajstić information content (AvgIpc) is 2.30. The second-order valence-electron chi connectivity index (χ2n) is 3.90. The van der Waals surface area contributed by atoms with Crippen molar-refractivity contribution in [3.8, 4) is 0 Å². The Bertz CT molecular complexity index is 375. The van der Waals surface area contributed by atoms with E-state index in [0.29, 0.717) is 0 Å². The van der Waals surface area contributed by atoms with E-state index in [-0.39, 0.29) is 6.03 Å². The molecule has 0 spiro atoms. The number of rotatable bonds is 1. The smallest absolute Gasteiger partial charge is 0.321 e. The summed E-state index contributed by atoms with van der Waals surface area (Å²) in [6, 6.07) is 7.90. The fourth-order valence-corrected chi connectivity index (χ4v) is 2.59. The fraction of sp³-hybridized carbons (Fsp3) is 0.417. The Morgan fingerprint density at radius 3 is 2.81 bits per heavy atom. The molecule has 1 aromatic rings. The lowest BCUT2D eigenvalue weighted by atomic mass is 10.2. The zero-order chi connectivity index (χ0) is 11.4. The number of nitrogens with zero attached hydrogens (tertiary/aromatic N) is 1. The normalized spacial score (nSPS) is 15.9. The average molecular weight is 236 g/mol. The van der Waals surface area contributed by atoms with Gasteiger partial charge < -0.3 is 10.2 Å². The van der Waals surface area contributed by atoms with Gasteiger partial charge in [0.25, 0.3) is 0 Å². The van der Waals surface area contributed by atoms with Crippen LogP contribution >= 0.6 is 11.8 Å². The number of amides is 2. The standard InChI is InChI=1S/C12H16N2OS/c1-10-3-2-4-11(9-10)13-12(15)14-5-7-16-8-6-14/h2-4,9H,5-8H2,1H3,(H,13,15). The molecular formula is C12H16N2OS. The highest BCUT2D eigenvalue weighted by Crippen LogP contribution is 2.13. The molecular weight excluding hydrogens is 220 g/mol. The number of urea groups is 1. The molecule has 0 unspecified atom stereocenters. The summed E-state index contributed by atoms with van der Waals surface area (Å²) >= 11 is 1.90. The van der Waals surface area contributed by atoms with E-state index in [2.05, 4.69) is 5.32 Å². The van der Waals surface area contributed by atoms with Gasteiger partial charge in [0.15, 0.2) is 0 Å². The Hall–Kier alpha value is -1.16. The summed E-state index contributed by atoms with van der Waals surface area (Å²) in [7, 11) is 0. The Balaban J connectivity index is 1.96. The van der Waals surface area contributed by atoms with Gasteiger partial charge in [-0.25, -0.2) is 4.79 Å². The molecule has 1 N–H and O–H groups in total. The van der Waals surface area contributed by atoms with Gasteiger partial charge >= 0.3 is 6.03 Å². The van der Waals surface area contributed by atoms with Crippen LogP contribution in [0, 0.1) is 6.92 Å². The van der Waals surface area contributed by atoms with E-state index < -0.39 is 0 Å². The molecule has 1 aromatic carbocycles. The van der Waals surface area contributed by atoms with E-state index in [0.717, 1.165) is 35.8 Å². The Labute approximate surface area is 100 Å². The maximum atomic E-state index is 11.9. The monoisotopic (exact) mass is 236 g/mol. The number of hydrogen-bond donors (Lipinski definition) is 1. The maximum Gasteiger partial charge on any atom is 0.321 e. The van der Waals surface area contributed by atoms with E-state index in [4.69, 9.17) is 0 Å². The molecule has 0 aliphatic carbocycles. The Kier molecular flexibility index (Phi) is 3.72. The first kappa shape index (κ1) is 11.3. The third kappa shape index (κ3) is 2.92. The molecule has 1 aliphatic rings. The molecule has 1 aliphatic heterocycles. The maximum absolute atomic E-state index is 11.9. The fourth-order valence-electron chi connectivity index (χ4n) is 1.69. The molecule has 1 fully saturated rings. The second kappa shape index (κ2) is 5.25. The quantitative estimate of drug-likeness (QED) is 0.813. The summed E-state index contributed by atoms with van der Waals surface area (Å²) in [6.07, 6.45) is 0. The summed E-state index contributed by atoms with van der Waals surface area (Å²) in [6.45, 7) is 3.72. The molecule has 3 nitrogen and oxygen atoms in total. The number of thioether (sulfide) groups is 1. The van der Waals surface area contributed by atoms with E-state index in [1.807, 2.05) is 47.9 Å². The molecule has 16 heavy (non-hydrogen) atoms. The van der Waals surface area contributed by atoms with Gasteiger partial charge in [0.05, 0.1) is 0 Å². The van der Waals surface area contributed by atoms with Crippen molar-refractivity contribution < 1.29 is 4.79 Å². The minimum absolute atomic E-state index is 0.0194. The summed E-state index contributed by atoms with van der Waals surface area (Å²) in [4.78, 5) is 13.8. The molecule has 2 rings (SSSR count). The van der Waals surface area contributed by atoms with E-state index in [1.54, 1.807) is 0 Å². The van der Waals surface area contributed by atoms with Crippen molar-refractivity contribution in [2.45, 2.75) is 6.92 Å². The number of benzene rings is 1. The molecule has 4 heteroatoms. The molecule has 1 saturated heterocycles. The van der Waals surface area contributed by atoms with Crippen LogP contribution in [0.15, 0.2) is 24.3 Å². The minimum atomic E-state index is 0.0194. The number of nitrogens with one attached hydrogen (secondary N) is 1. The first-order valence-corrected chi connectivity index (χ1v) is 6.61. The lowest BCUT2D eigenvalue weighted by Gasteiger charge is -2.26. The Morgan fingerprint density at radius 1 is 1.38 bits per heavy atom. The highest BCUT2D eigenvalue weighted by atomic mass is 32.2. The first-order chi connectivity index (χ1) is 7.75. The number of hydrogen-bond acceptors (Lipinski definition) is 2. The van der Waals surface area contributed by atoms with Crippen molar-refractivity contribution in [1.29, 1.82) is 0 Å². The van der Waals surface area contributed by atoms with Gasteiger partial charge in [0.1, 0.15) is 0 Å². The van der Waals surface area contributed by atoms with Crippen molar-refractivity contribution in [2.75, 3.05) is 29.9 Å². The van der Waals surface area contributed by atoms with Crippen molar-refractivity contribution in [2.24, 2.45) is 0 Å². The third-order valence-corrected chi connectivity index (χ3v) is 3.51. The lowest BCUT2D eigenvalue weighted by molar-refractivity contribution is 0.217. The molecule has 0 bridgehead atoms. The van der Waals surface area contributed by atoms with Crippen LogP contribution in [0.2, 0.25) is 0 Å². The predicted molar refractivity (Wildman–Crippen MR) is 69.1 cm³/mol. The molecule has 0 atom stereocenters. The first-order valence-electron chi connectivity index (χ1n) is 5.46. The molecule has 86 valence electrons. The van der Waals surface area contributed by atoms with Gasteiger partial charge in [0, 0.05) is 30.3 Å². The molecule has 2 amide bonds. The van der Waals surface area contributed by atoms with Gasteiger partial charge in [-0.2, -0.15) is 11.8 Å². The van der Waals surface area contributed by atoms with Crippen LogP contribution in [0.25, 0.3) is 0 Å². The Morgan fingerprint density at radius 2 is 2.12 bits per heavy atom. The van der Waals surface area contributed by atoms with Crippen molar-refractivity contribution in [3.63, 3.8) is 0 Å². The van der Waals surface area contributed by atoms with Crippen LogP contribution in [0.5, 0.6) is 0 Å². The van der Waals surface area contributed by atoms with Crippen molar-refractivity contribution in [3.05, 3.63) is 29.8 Å². The molecule has 1 heterocycles. The van der Waals surface area contributed by atoms with Gasteiger partial charge in [-0.05, 0) is 24.6 Å². The third-order valence-electron chi connectivity index (χ3n) is 2.57. The summed E-state index contributed by atoms with van der Waals surface area (Å²) in [5.41, 5.74) is 2.04. The van der Waals surface area contributed by atoms with Crippen LogP contribution in [0.4, 0.5) is 10.5 Å². The van der Waals surface area contributed by atoms with Crippen LogP contribution < -0.4 is 5.32 Å². The van der Waals surface area contributed by atoms with Crippen molar-refractivity contribution >= 4 is 23.5 Å². The van der Waals surface area contributed by atoms with Crippen LogP contribution in [-0.2, 0) is 0 Å².